The minimum absolute atomic E-state index is 0.143. The molecule has 0 aliphatic rings. The zero-order chi connectivity index (χ0) is 15.7. The summed E-state index contributed by atoms with van der Waals surface area (Å²) in [5, 5.41) is 3.13. The van der Waals surface area contributed by atoms with Gasteiger partial charge >= 0.3 is 0 Å². The summed E-state index contributed by atoms with van der Waals surface area (Å²) in [6, 6.07) is 4.92. The number of methoxy groups -OCH3 is 1. The van der Waals surface area contributed by atoms with E-state index < -0.39 is 10.8 Å². The van der Waals surface area contributed by atoms with Crippen molar-refractivity contribution in [3.8, 4) is 0 Å². The Morgan fingerprint density at radius 3 is 2.76 bits per heavy atom. The molecule has 0 aliphatic heterocycles. The van der Waals surface area contributed by atoms with E-state index in [0.29, 0.717) is 47.4 Å². The number of ether oxygens (including phenoxy) is 1. The van der Waals surface area contributed by atoms with Crippen LogP contribution in [0.15, 0.2) is 18.2 Å². The van der Waals surface area contributed by atoms with Crippen molar-refractivity contribution in [2.45, 2.75) is 19.3 Å². The van der Waals surface area contributed by atoms with Crippen LogP contribution in [0.5, 0.6) is 0 Å². The second-order valence-electron chi connectivity index (χ2n) is 4.59. The van der Waals surface area contributed by atoms with E-state index in [9.17, 15) is 9.00 Å². The Bertz CT molecular complexity index is 497. The van der Waals surface area contributed by atoms with Crippen molar-refractivity contribution < 1.29 is 13.7 Å². The molecule has 0 aliphatic carbocycles. The molecule has 0 aromatic heterocycles. The van der Waals surface area contributed by atoms with Crippen molar-refractivity contribution >= 4 is 39.7 Å². The molecule has 1 atom stereocenters. The van der Waals surface area contributed by atoms with E-state index in [2.05, 4.69) is 5.32 Å². The largest absolute Gasteiger partial charge is 0.399 e. The molecule has 0 radical (unpaired) electrons. The number of carbonyl (C=O) groups is 1. The van der Waals surface area contributed by atoms with Gasteiger partial charge in [-0.05, 0) is 31.0 Å². The molecule has 1 rings (SSSR count). The van der Waals surface area contributed by atoms with Crippen molar-refractivity contribution in [3.05, 3.63) is 23.2 Å². The third-order valence-corrected chi connectivity index (χ3v) is 4.56. The van der Waals surface area contributed by atoms with Crippen molar-refractivity contribution in [2.24, 2.45) is 0 Å². The molecule has 5 nitrogen and oxygen atoms in total. The molecular formula is C14H21ClN2O3S. The van der Waals surface area contributed by atoms with Gasteiger partial charge in [0.25, 0.3) is 0 Å². The van der Waals surface area contributed by atoms with Crippen LogP contribution in [-0.4, -0.2) is 35.3 Å². The molecule has 0 saturated carbocycles. The lowest BCUT2D eigenvalue weighted by atomic mass is 10.2. The van der Waals surface area contributed by atoms with Gasteiger partial charge in [0.15, 0.2) is 0 Å². The van der Waals surface area contributed by atoms with Crippen LogP contribution in [0.2, 0.25) is 5.02 Å². The fourth-order valence-corrected chi connectivity index (χ4v) is 3.05. The minimum Gasteiger partial charge on any atom is -0.399 e. The summed E-state index contributed by atoms with van der Waals surface area (Å²) >= 11 is 5.97. The van der Waals surface area contributed by atoms with Crippen LogP contribution < -0.4 is 11.1 Å². The van der Waals surface area contributed by atoms with Gasteiger partial charge in [0.1, 0.15) is 0 Å². The first-order valence-electron chi connectivity index (χ1n) is 6.71. The summed E-state index contributed by atoms with van der Waals surface area (Å²) in [6.45, 7) is 0.613. The number of halogens is 1. The molecule has 21 heavy (non-hydrogen) atoms. The average molecular weight is 333 g/mol. The molecule has 0 fully saturated rings. The Balaban J connectivity index is 2.26. The van der Waals surface area contributed by atoms with Gasteiger partial charge < -0.3 is 15.8 Å². The maximum Gasteiger partial charge on any atom is 0.224 e. The van der Waals surface area contributed by atoms with E-state index in [0.717, 1.165) is 6.42 Å². The van der Waals surface area contributed by atoms with Gasteiger partial charge in [0.2, 0.25) is 5.91 Å². The van der Waals surface area contributed by atoms with E-state index in [1.807, 2.05) is 0 Å². The zero-order valence-electron chi connectivity index (χ0n) is 12.1. The quantitative estimate of drug-likeness (QED) is 0.537. The first-order chi connectivity index (χ1) is 10.0. The predicted octanol–water partition coefficient (Wildman–Crippen LogP) is 2.43. The van der Waals surface area contributed by atoms with Crippen molar-refractivity contribution in [1.82, 2.24) is 0 Å². The second kappa shape index (κ2) is 9.76. The highest BCUT2D eigenvalue weighted by Gasteiger charge is 2.07. The second-order valence-corrected chi connectivity index (χ2v) is 6.69. The fraction of sp³-hybridized carbons (Fsp3) is 0.500. The van der Waals surface area contributed by atoms with E-state index in [4.69, 9.17) is 22.1 Å². The first kappa shape index (κ1) is 17.9. The maximum atomic E-state index is 11.8. The Kier molecular flexibility index (Phi) is 8.34. The molecule has 0 saturated heterocycles. The smallest absolute Gasteiger partial charge is 0.224 e. The standard InChI is InChI=1S/C14H21ClN2O3S/c1-20-7-3-9-21(19)8-2-4-14(18)17-13-6-5-11(16)10-12(13)15/h5-6,10H,2-4,7-9,16H2,1H3,(H,17,18). The van der Waals surface area contributed by atoms with E-state index in [1.165, 1.54) is 0 Å². The highest BCUT2D eigenvalue weighted by atomic mass is 35.5. The number of amides is 1. The van der Waals surface area contributed by atoms with Crippen molar-refractivity contribution in [3.63, 3.8) is 0 Å². The van der Waals surface area contributed by atoms with Crippen LogP contribution in [-0.2, 0) is 20.3 Å². The van der Waals surface area contributed by atoms with Crippen LogP contribution in [0.25, 0.3) is 0 Å². The lowest BCUT2D eigenvalue weighted by Crippen LogP contribution is -2.13. The van der Waals surface area contributed by atoms with E-state index >= 15 is 0 Å². The monoisotopic (exact) mass is 332 g/mol. The number of hydrogen-bond acceptors (Lipinski definition) is 4. The number of carbonyl (C=O) groups excluding carboxylic acids is 1. The minimum atomic E-state index is -0.894. The van der Waals surface area contributed by atoms with Gasteiger partial charge in [-0.25, -0.2) is 0 Å². The third-order valence-electron chi connectivity index (χ3n) is 2.76. The first-order valence-corrected chi connectivity index (χ1v) is 8.58. The number of nitrogen functional groups attached to an aromatic ring is 1. The van der Waals surface area contributed by atoms with Crippen LogP contribution in [0.4, 0.5) is 11.4 Å². The van der Waals surface area contributed by atoms with Crippen LogP contribution >= 0.6 is 11.6 Å². The third kappa shape index (κ3) is 7.45. The van der Waals surface area contributed by atoms with Crippen molar-refractivity contribution in [2.75, 3.05) is 36.3 Å². The number of hydrogen-bond donors (Lipinski definition) is 2. The topological polar surface area (TPSA) is 81.4 Å². The molecule has 118 valence electrons. The number of anilines is 2. The zero-order valence-corrected chi connectivity index (χ0v) is 13.6. The number of rotatable bonds is 9. The van der Waals surface area contributed by atoms with Gasteiger partial charge in [-0.3, -0.25) is 9.00 Å². The summed E-state index contributed by atoms with van der Waals surface area (Å²) in [4.78, 5) is 11.8. The Labute approximate surface area is 132 Å². The van der Waals surface area contributed by atoms with E-state index in [-0.39, 0.29) is 5.91 Å². The SMILES string of the molecule is COCCCS(=O)CCCC(=O)Nc1ccc(N)cc1Cl. The Morgan fingerprint density at radius 1 is 1.38 bits per heavy atom. The molecule has 3 N–H and O–H groups in total. The molecule has 1 unspecified atom stereocenters. The van der Waals surface area contributed by atoms with Crippen molar-refractivity contribution in [1.29, 1.82) is 0 Å². The maximum absolute atomic E-state index is 11.8. The molecule has 0 heterocycles. The van der Waals surface area contributed by atoms with Gasteiger partial charge in [0.05, 0.1) is 10.7 Å². The lowest BCUT2D eigenvalue weighted by Gasteiger charge is -2.08. The molecular weight excluding hydrogens is 312 g/mol. The summed E-state index contributed by atoms with van der Waals surface area (Å²) in [6.07, 6.45) is 1.67. The molecule has 0 spiro atoms. The molecule has 1 aromatic carbocycles. The number of nitrogens with one attached hydrogen (secondary N) is 1. The molecule has 0 bridgehead atoms. The van der Waals surface area contributed by atoms with Crippen LogP contribution in [0.3, 0.4) is 0 Å². The van der Waals surface area contributed by atoms with Crippen LogP contribution in [0.1, 0.15) is 19.3 Å². The van der Waals surface area contributed by atoms with Gasteiger partial charge in [-0.1, -0.05) is 11.6 Å². The Hall–Kier alpha value is -1.11. The van der Waals surface area contributed by atoms with Gasteiger partial charge in [-0.2, -0.15) is 0 Å². The molecule has 7 heteroatoms. The summed E-state index contributed by atoms with van der Waals surface area (Å²) in [5.41, 5.74) is 6.67. The molecule has 1 aromatic rings. The lowest BCUT2D eigenvalue weighted by molar-refractivity contribution is -0.116. The summed E-state index contributed by atoms with van der Waals surface area (Å²) in [5.74, 6) is 0.988. The number of benzene rings is 1. The highest BCUT2D eigenvalue weighted by molar-refractivity contribution is 7.84. The highest BCUT2D eigenvalue weighted by Crippen LogP contribution is 2.24. The van der Waals surface area contributed by atoms with Crippen LogP contribution in [0, 0.1) is 0 Å². The average Bonchev–Trinajstić information content (AvgIpc) is 2.42. The normalized spacial score (nSPS) is 12.1. The van der Waals surface area contributed by atoms with Gasteiger partial charge in [-0.15, -0.1) is 0 Å². The fourth-order valence-electron chi connectivity index (χ4n) is 1.71. The molecule has 1 amide bonds. The summed E-state index contributed by atoms with van der Waals surface area (Å²) < 4.78 is 16.5. The number of nitrogens with two attached hydrogens (primary N) is 1. The predicted molar refractivity (Wildman–Crippen MR) is 88.1 cm³/mol. The van der Waals surface area contributed by atoms with E-state index in [1.54, 1.807) is 25.3 Å². The summed E-state index contributed by atoms with van der Waals surface area (Å²) in [7, 11) is 0.726. The Morgan fingerprint density at radius 2 is 2.10 bits per heavy atom. The van der Waals surface area contributed by atoms with Gasteiger partial charge in [0, 0.05) is 48.1 Å².